The van der Waals surface area contributed by atoms with Crippen LogP contribution in [-0.4, -0.2) is 48.6 Å². The molecule has 1 aliphatic carbocycles. The maximum atomic E-state index is 3.89. The van der Waals surface area contributed by atoms with Crippen molar-refractivity contribution >= 4 is 11.8 Å². The first-order chi connectivity index (χ1) is 7.29. The highest BCUT2D eigenvalue weighted by Crippen LogP contribution is 2.29. The molecule has 15 heavy (non-hydrogen) atoms. The van der Waals surface area contributed by atoms with E-state index in [2.05, 4.69) is 35.3 Å². The van der Waals surface area contributed by atoms with Crippen LogP contribution < -0.4 is 5.32 Å². The Bertz CT molecular complexity index is 198. The van der Waals surface area contributed by atoms with Gasteiger partial charge >= 0.3 is 0 Å². The van der Waals surface area contributed by atoms with Crippen molar-refractivity contribution in [3.63, 3.8) is 0 Å². The van der Waals surface area contributed by atoms with E-state index in [1.807, 2.05) is 0 Å². The number of likely N-dealkylation sites (N-methyl/N-ethyl adjacent to an activating group) is 1. The highest BCUT2D eigenvalue weighted by atomic mass is 32.2. The first-order valence-corrected chi connectivity index (χ1v) is 7.56. The standard InChI is InChI=1S/C12H24N2S/c1-14-8-4-5-10(9-14)13-11-6-3-7-12(11)15-2/h10-13H,3-9H2,1-2H3. The summed E-state index contributed by atoms with van der Waals surface area (Å²) < 4.78 is 0. The van der Waals surface area contributed by atoms with Crippen LogP contribution in [0, 0.1) is 0 Å². The third-order valence-corrected chi connectivity index (χ3v) is 5.00. The molecule has 2 rings (SSSR count). The summed E-state index contributed by atoms with van der Waals surface area (Å²) in [5.74, 6) is 0. The van der Waals surface area contributed by atoms with Crippen molar-refractivity contribution < 1.29 is 0 Å². The van der Waals surface area contributed by atoms with Crippen molar-refractivity contribution in [2.45, 2.75) is 49.4 Å². The summed E-state index contributed by atoms with van der Waals surface area (Å²) in [6.07, 6.45) is 9.24. The lowest BCUT2D eigenvalue weighted by atomic mass is 10.0. The molecule has 0 amide bonds. The molecule has 88 valence electrons. The van der Waals surface area contributed by atoms with Crippen LogP contribution >= 0.6 is 11.8 Å². The zero-order valence-corrected chi connectivity index (χ0v) is 10.9. The number of likely N-dealkylation sites (tertiary alicyclic amines) is 1. The van der Waals surface area contributed by atoms with Gasteiger partial charge in [-0.1, -0.05) is 6.42 Å². The summed E-state index contributed by atoms with van der Waals surface area (Å²) in [6, 6.07) is 1.54. The molecule has 3 heteroatoms. The van der Waals surface area contributed by atoms with E-state index in [1.54, 1.807) is 0 Å². The minimum absolute atomic E-state index is 0.751. The molecule has 0 radical (unpaired) electrons. The Balaban J connectivity index is 1.80. The van der Waals surface area contributed by atoms with Gasteiger partial charge in [0.1, 0.15) is 0 Å². The molecule has 2 nitrogen and oxygen atoms in total. The molecule has 2 fully saturated rings. The lowest BCUT2D eigenvalue weighted by Crippen LogP contribution is -2.49. The first kappa shape index (κ1) is 11.7. The van der Waals surface area contributed by atoms with E-state index in [9.17, 15) is 0 Å². The van der Waals surface area contributed by atoms with E-state index in [-0.39, 0.29) is 0 Å². The summed E-state index contributed by atoms with van der Waals surface area (Å²) in [4.78, 5) is 2.46. The molecule has 1 aliphatic heterocycles. The van der Waals surface area contributed by atoms with Crippen molar-refractivity contribution in [2.24, 2.45) is 0 Å². The van der Waals surface area contributed by atoms with Gasteiger partial charge in [-0.2, -0.15) is 11.8 Å². The van der Waals surface area contributed by atoms with E-state index in [1.165, 1.54) is 45.2 Å². The fraction of sp³-hybridized carbons (Fsp3) is 1.00. The molecule has 1 saturated heterocycles. The average Bonchev–Trinajstić information content (AvgIpc) is 2.65. The van der Waals surface area contributed by atoms with Gasteiger partial charge in [-0.25, -0.2) is 0 Å². The predicted octanol–water partition coefficient (Wildman–Crippen LogP) is 1.95. The largest absolute Gasteiger partial charge is 0.309 e. The van der Waals surface area contributed by atoms with Gasteiger partial charge in [-0.15, -0.1) is 0 Å². The Labute approximate surface area is 98.2 Å². The normalized spacial score (nSPS) is 38.4. The third kappa shape index (κ3) is 3.11. The van der Waals surface area contributed by atoms with Crippen molar-refractivity contribution in [3.8, 4) is 0 Å². The van der Waals surface area contributed by atoms with Crippen LogP contribution in [0.15, 0.2) is 0 Å². The van der Waals surface area contributed by atoms with E-state index in [0.29, 0.717) is 0 Å². The summed E-state index contributed by atoms with van der Waals surface area (Å²) >= 11 is 2.05. The van der Waals surface area contributed by atoms with E-state index in [0.717, 1.165) is 17.3 Å². The monoisotopic (exact) mass is 228 g/mol. The van der Waals surface area contributed by atoms with E-state index >= 15 is 0 Å². The molecule has 0 aromatic carbocycles. The Morgan fingerprint density at radius 1 is 1.20 bits per heavy atom. The topological polar surface area (TPSA) is 15.3 Å². The van der Waals surface area contributed by atoms with Gasteiger partial charge in [0.2, 0.25) is 0 Å². The van der Waals surface area contributed by atoms with Crippen LogP contribution in [-0.2, 0) is 0 Å². The zero-order valence-electron chi connectivity index (χ0n) is 10.0. The van der Waals surface area contributed by atoms with Gasteiger partial charge in [0.15, 0.2) is 0 Å². The molecule has 0 spiro atoms. The van der Waals surface area contributed by atoms with Crippen molar-refractivity contribution in [1.29, 1.82) is 0 Å². The molecular weight excluding hydrogens is 204 g/mol. The van der Waals surface area contributed by atoms with Gasteiger partial charge in [0.05, 0.1) is 0 Å². The lowest BCUT2D eigenvalue weighted by Gasteiger charge is -2.33. The van der Waals surface area contributed by atoms with Crippen LogP contribution in [0.4, 0.5) is 0 Å². The number of thioether (sulfide) groups is 1. The highest BCUT2D eigenvalue weighted by molar-refractivity contribution is 7.99. The van der Waals surface area contributed by atoms with Gasteiger partial charge in [-0.3, -0.25) is 0 Å². The number of piperidine rings is 1. The molecule has 0 bridgehead atoms. The molecular formula is C12H24N2S. The summed E-state index contributed by atoms with van der Waals surface area (Å²) in [6.45, 7) is 2.53. The molecule has 3 atom stereocenters. The average molecular weight is 228 g/mol. The quantitative estimate of drug-likeness (QED) is 0.795. The van der Waals surface area contributed by atoms with Crippen LogP contribution in [0.2, 0.25) is 0 Å². The summed E-state index contributed by atoms with van der Waals surface area (Å²) in [5.41, 5.74) is 0. The van der Waals surface area contributed by atoms with Gasteiger partial charge in [0.25, 0.3) is 0 Å². The van der Waals surface area contributed by atoms with Crippen LogP contribution in [0.25, 0.3) is 0 Å². The fourth-order valence-corrected chi connectivity index (χ4v) is 3.95. The third-order valence-electron chi connectivity index (χ3n) is 3.83. The molecule has 0 aromatic rings. The maximum absolute atomic E-state index is 3.89. The molecule has 1 saturated carbocycles. The second kappa shape index (κ2) is 5.55. The highest BCUT2D eigenvalue weighted by Gasteiger charge is 2.29. The summed E-state index contributed by atoms with van der Waals surface area (Å²) in [7, 11) is 2.24. The number of nitrogens with one attached hydrogen (secondary N) is 1. The molecule has 2 aliphatic rings. The smallest absolute Gasteiger partial charge is 0.0198 e. The number of rotatable bonds is 3. The SMILES string of the molecule is CSC1CCCC1NC1CCCN(C)C1. The summed E-state index contributed by atoms with van der Waals surface area (Å²) in [5, 5.41) is 4.76. The molecule has 1 N–H and O–H groups in total. The van der Waals surface area contributed by atoms with Crippen LogP contribution in [0.5, 0.6) is 0 Å². The minimum Gasteiger partial charge on any atom is -0.309 e. The Kier molecular flexibility index (Phi) is 4.35. The maximum Gasteiger partial charge on any atom is 0.0198 e. The van der Waals surface area contributed by atoms with Crippen molar-refractivity contribution in [1.82, 2.24) is 10.2 Å². The fourth-order valence-electron chi connectivity index (χ4n) is 3.00. The number of hydrogen-bond donors (Lipinski definition) is 1. The van der Waals surface area contributed by atoms with Crippen LogP contribution in [0.1, 0.15) is 32.1 Å². The van der Waals surface area contributed by atoms with E-state index < -0.39 is 0 Å². The predicted molar refractivity (Wildman–Crippen MR) is 68.6 cm³/mol. The Morgan fingerprint density at radius 3 is 2.80 bits per heavy atom. The van der Waals surface area contributed by atoms with Crippen molar-refractivity contribution in [3.05, 3.63) is 0 Å². The molecule has 3 unspecified atom stereocenters. The Hall–Kier alpha value is 0.270. The van der Waals surface area contributed by atoms with Crippen LogP contribution in [0.3, 0.4) is 0 Å². The minimum atomic E-state index is 0.751. The van der Waals surface area contributed by atoms with Gasteiger partial charge in [0, 0.05) is 23.9 Å². The zero-order chi connectivity index (χ0) is 10.7. The van der Waals surface area contributed by atoms with Gasteiger partial charge in [-0.05, 0) is 45.5 Å². The number of hydrogen-bond acceptors (Lipinski definition) is 3. The Morgan fingerprint density at radius 2 is 2.07 bits per heavy atom. The first-order valence-electron chi connectivity index (χ1n) is 6.27. The second-order valence-electron chi connectivity index (χ2n) is 5.08. The molecule has 1 heterocycles. The molecule has 0 aromatic heterocycles. The van der Waals surface area contributed by atoms with Crippen molar-refractivity contribution in [2.75, 3.05) is 26.4 Å². The van der Waals surface area contributed by atoms with E-state index in [4.69, 9.17) is 0 Å². The number of nitrogens with zero attached hydrogens (tertiary/aromatic N) is 1. The van der Waals surface area contributed by atoms with Gasteiger partial charge < -0.3 is 10.2 Å². The second-order valence-corrected chi connectivity index (χ2v) is 6.16. The lowest BCUT2D eigenvalue weighted by molar-refractivity contribution is 0.217.